The van der Waals surface area contributed by atoms with E-state index in [9.17, 15) is 9.90 Å². The van der Waals surface area contributed by atoms with Gasteiger partial charge in [-0.1, -0.05) is 23.3 Å². The highest BCUT2D eigenvalue weighted by atomic mass is 16.6. The van der Waals surface area contributed by atoms with Crippen molar-refractivity contribution in [2.45, 2.75) is 65.1 Å². The number of methoxy groups -OCH3 is 1. The third-order valence-electron chi connectivity index (χ3n) is 5.37. The van der Waals surface area contributed by atoms with Gasteiger partial charge < -0.3 is 14.6 Å². The van der Waals surface area contributed by atoms with Gasteiger partial charge in [0, 0.05) is 13.0 Å². The fraction of sp³-hybridized carbons (Fsp3) is 0.667. The van der Waals surface area contributed by atoms with Crippen LogP contribution in [0, 0.1) is 11.8 Å². The molecule has 0 spiro atoms. The molecule has 4 atom stereocenters. The zero-order valence-electron chi connectivity index (χ0n) is 16.0. The second kappa shape index (κ2) is 9.35. The minimum atomic E-state index is -0.430. The van der Waals surface area contributed by atoms with Crippen LogP contribution in [0.1, 0.15) is 52.9 Å². The Labute approximate surface area is 151 Å². The van der Waals surface area contributed by atoms with Crippen LogP contribution >= 0.6 is 0 Å². The first-order chi connectivity index (χ1) is 11.9. The molecule has 1 fully saturated rings. The Morgan fingerprint density at radius 1 is 1.20 bits per heavy atom. The van der Waals surface area contributed by atoms with Crippen LogP contribution in [-0.4, -0.2) is 37.0 Å². The van der Waals surface area contributed by atoms with Gasteiger partial charge in [-0.2, -0.15) is 0 Å². The smallest absolute Gasteiger partial charge is 0.312 e. The molecule has 0 bridgehead atoms. The van der Waals surface area contributed by atoms with Crippen LogP contribution in [0.25, 0.3) is 0 Å². The number of aliphatic hydroxyl groups is 1. The SMILES string of the molecule is COC[C@H]1C(=O)O[C@H]2/C=C(\C)CC/C=C(\C)CC[C@H](O)/C(C)=C\C[C@H]21. The van der Waals surface area contributed by atoms with E-state index in [4.69, 9.17) is 9.47 Å². The van der Waals surface area contributed by atoms with E-state index in [1.54, 1.807) is 7.11 Å². The zero-order valence-corrected chi connectivity index (χ0v) is 16.0. The number of aliphatic hydroxyl groups excluding tert-OH is 1. The number of hydrogen-bond acceptors (Lipinski definition) is 4. The van der Waals surface area contributed by atoms with E-state index in [1.807, 2.05) is 6.92 Å². The van der Waals surface area contributed by atoms with Crippen molar-refractivity contribution in [3.8, 4) is 0 Å². The summed E-state index contributed by atoms with van der Waals surface area (Å²) in [6, 6.07) is 0. The third-order valence-corrected chi connectivity index (χ3v) is 5.37. The van der Waals surface area contributed by atoms with Gasteiger partial charge in [0.05, 0.1) is 18.6 Å². The van der Waals surface area contributed by atoms with Crippen LogP contribution in [0.3, 0.4) is 0 Å². The molecule has 0 radical (unpaired) electrons. The summed E-state index contributed by atoms with van der Waals surface area (Å²) in [6.07, 6.45) is 10.1. The first-order valence-corrected chi connectivity index (χ1v) is 9.29. The summed E-state index contributed by atoms with van der Waals surface area (Å²) < 4.78 is 10.9. The molecule has 0 aromatic carbocycles. The lowest BCUT2D eigenvalue weighted by atomic mass is 9.85. The molecule has 1 aliphatic heterocycles. The predicted octanol–water partition coefficient (Wildman–Crippen LogP) is 3.95. The Kier molecular flexibility index (Phi) is 7.45. The van der Waals surface area contributed by atoms with E-state index in [-0.39, 0.29) is 23.9 Å². The van der Waals surface area contributed by atoms with Gasteiger partial charge in [0.25, 0.3) is 0 Å². The van der Waals surface area contributed by atoms with E-state index in [2.05, 4.69) is 32.1 Å². The van der Waals surface area contributed by atoms with Crippen molar-refractivity contribution in [1.29, 1.82) is 0 Å². The lowest BCUT2D eigenvalue weighted by Gasteiger charge is -2.19. The normalized spacial score (nSPS) is 38.3. The molecule has 1 aliphatic carbocycles. The molecule has 0 aromatic heterocycles. The van der Waals surface area contributed by atoms with Crippen LogP contribution in [0.2, 0.25) is 0 Å². The minimum Gasteiger partial charge on any atom is -0.457 e. The van der Waals surface area contributed by atoms with Gasteiger partial charge >= 0.3 is 5.97 Å². The molecule has 0 saturated carbocycles. The van der Waals surface area contributed by atoms with Gasteiger partial charge in [0.15, 0.2) is 0 Å². The van der Waals surface area contributed by atoms with Crippen molar-refractivity contribution < 1.29 is 19.4 Å². The maximum atomic E-state index is 12.3. The van der Waals surface area contributed by atoms with E-state index < -0.39 is 6.10 Å². The number of carbonyl (C=O) groups is 1. The van der Waals surface area contributed by atoms with Crippen LogP contribution in [0.4, 0.5) is 0 Å². The highest BCUT2D eigenvalue weighted by Crippen LogP contribution is 2.34. The Morgan fingerprint density at radius 2 is 1.96 bits per heavy atom. The van der Waals surface area contributed by atoms with Crippen LogP contribution in [-0.2, 0) is 14.3 Å². The number of carbonyl (C=O) groups excluding carboxylic acids is 1. The maximum absolute atomic E-state index is 12.3. The first-order valence-electron chi connectivity index (χ1n) is 9.29. The van der Waals surface area contributed by atoms with Gasteiger partial charge in [-0.3, -0.25) is 4.79 Å². The van der Waals surface area contributed by atoms with Crippen molar-refractivity contribution in [2.75, 3.05) is 13.7 Å². The van der Waals surface area contributed by atoms with E-state index in [0.29, 0.717) is 13.0 Å². The second-order valence-electron chi connectivity index (χ2n) is 7.47. The molecule has 1 saturated heterocycles. The number of ether oxygens (including phenoxy) is 2. The monoisotopic (exact) mass is 348 g/mol. The van der Waals surface area contributed by atoms with E-state index >= 15 is 0 Å². The quantitative estimate of drug-likeness (QED) is 0.606. The highest BCUT2D eigenvalue weighted by molar-refractivity contribution is 5.75. The Hall–Kier alpha value is -1.39. The lowest BCUT2D eigenvalue weighted by molar-refractivity contribution is -0.144. The fourth-order valence-corrected chi connectivity index (χ4v) is 3.60. The van der Waals surface area contributed by atoms with Crippen molar-refractivity contribution in [3.05, 3.63) is 34.9 Å². The molecule has 1 N–H and O–H groups in total. The van der Waals surface area contributed by atoms with Crippen LogP contribution < -0.4 is 0 Å². The summed E-state index contributed by atoms with van der Waals surface area (Å²) in [4.78, 5) is 12.3. The third kappa shape index (κ3) is 5.55. The molecule has 1 heterocycles. The highest BCUT2D eigenvalue weighted by Gasteiger charge is 2.42. The number of fused-ring (bicyclic) bond motifs is 1. The molecule has 0 aromatic rings. The molecule has 2 aliphatic rings. The molecule has 140 valence electrons. The standard InChI is InChI=1S/C21H32O4/c1-14-6-5-7-15(2)12-20-17(18(13-24-4)21(23)25-20)10-9-16(3)19(22)11-8-14/h6,9,12,17-20,22H,5,7-8,10-11,13H2,1-4H3/b14-6+,15-12+,16-9-/t17-,18+,19-,20-/m0/s1. The molecule has 4 heteroatoms. The number of allylic oxidation sites excluding steroid dienone is 4. The Balaban J connectivity index is 2.27. The summed E-state index contributed by atoms with van der Waals surface area (Å²) >= 11 is 0. The Bertz CT molecular complexity index is 558. The molecule has 0 unspecified atom stereocenters. The van der Waals surface area contributed by atoms with Gasteiger partial charge in [-0.05, 0) is 64.5 Å². The topological polar surface area (TPSA) is 55.8 Å². The summed E-state index contributed by atoms with van der Waals surface area (Å²) in [5, 5.41) is 10.4. The fourth-order valence-electron chi connectivity index (χ4n) is 3.60. The summed E-state index contributed by atoms with van der Waals surface area (Å²) in [6.45, 7) is 6.58. The zero-order chi connectivity index (χ0) is 18.4. The lowest BCUT2D eigenvalue weighted by Crippen LogP contribution is -2.24. The van der Waals surface area contributed by atoms with Crippen LogP contribution in [0.15, 0.2) is 34.9 Å². The summed E-state index contributed by atoms with van der Waals surface area (Å²) in [5.74, 6) is -0.354. The van der Waals surface area contributed by atoms with Crippen molar-refractivity contribution in [1.82, 2.24) is 0 Å². The number of rotatable bonds is 2. The van der Waals surface area contributed by atoms with Gasteiger partial charge in [0.2, 0.25) is 0 Å². The van der Waals surface area contributed by atoms with E-state index in [0.717, 1.165) is 31.3 Å². The van der Waals surface area contributed by atoms with E-state index in [1.165, 1.54) is 11.1 Å². The molecule has 2 rings (SSSR count). The number of esters is 1. The molecule has 4 nitrogen and oxygen atoms in total. The summed E-state index contributed by atoms with van der Waals surface area (Å²) in [7, 11) is 1.62. The average molecular weight is 348 g/mol. The van der Waals surface area contributed by atoms with Crippen molar-refractivity contribution in [2.24, 2.45) is 11.8 Å². The summed E-state index contributed by atoms with van der Waals surface area (Å²) in [5.41, 5.74) is 3.55. The molecule has 0 amide bonds. The van der Waals surface area contributed by atoms with Crippen molar-refractivity contribution in [3.63, 3.8) is 0 Å². The second-order valence-corrected chi connectivity index (χ2v) is 7.47. The van der Waals surface area contributed by atoms with Crippen molar-refractivity contribution >= 4 is 5.97 Å². The molecular formula is C21H32O4. The van der Waals surface area contributed by atoms with Gasteiger partial charge in [-0.25, -0.2) is 0 Å². The molecular weight excluding hydrogens is 316 g/mol. The Morgan fingerprint density at radius 3 is 2.68 bits per heavy atom. The maximum Gasteiger partial charge on any atom is 0.312 e. The largest absolute Gasteiger partial charge is 0.457 e. The number of hydrogen-bond donors (Lipinski definition) is 1. The minimum absolute atomic E-state index is 0.0600. The first kappa shape index (κ1) is 19.9. The van der Waals surface area contributed by atoms with Crippen LogP contribution in [0.5, 0.6) is 0 Å². The predicted molar refractivity (Wildman–Crippen MR) is 99.1 cm³/mol. The van der Waals surface area contributed by atoms with Gasteiger partial charge in [0.1, 0.15) is 6.10 Å². The average Bonchev–Trinajstić information content (AvgIpc) is 2.85. The molecule has 25 heavy (non-hydrogen) atoms. The van der Waals surface area contributed by atoms with Gasteiger partial charge in [-0.15, -0.1) is 0 Å².